The van der Waals surface area contributed by atoms with E-state index in [2.05, 4.69) is 148 Å². The average molecular weight is 841 g/mol. The molecule has 0 saturated carbocycles. The van der Waals surface area contributed by atoms with E-state index in [0.717, 1.165) is 96.3 Å². The SMILES string of the molecule is CC/C=C\C/C=C\C/C=C\C/C=C\C/C=C\C/C=C\C/C=C\CCCC(=O)OC(CO)COCCCCCCCCCCCCCCC/C=C\C/C=C\C/C=C\C/C=C\CC. The van der Waals surface area contributed by atoms with Gasteiger partial charge in [-0.2, -0.15) is 0 Å². The molecule has 0 aromatic rings. The van der Waals surface area contributed by atoms with Gasteiger partial charge >= 0.3 is 5.97 Å². The molecule has 0 amide bonds. The fourth-order valence-corrected chi connectivity index (χ4v) is 6.37. The van der Waals surface area contributed by atoms with Crippen LogP contribution in [0.25, 0.3) is 0 Å². The average Bonchev–Trinajstić information content (AvgIpc) is 3.27. The first kappa shape index (κ1) is 57.5. The molecule has 0 heterocycles. The molecule has 1 unspecified atom stereocenters. The van der Waals surface area contributed by atoms with Gasteiger partial charge in [-0.05, 0) is 103 Å². The van der Waals surface area contributed by atoms with Crippen molar-refractivity contribution in [3.63, 3.8) is 0 Å². The van der Waals surface area contributed by atoms with Gasteiger partial charge in [-0.25, -0.2) is 0 Å². The van der Waals surface area contributed by atoms with Crippen LogP contribution in [0.15, 0.2) is 134 Å². The summed E-state index contributed by atoms with van der Waals surface area (Å²) in [5.41, 5.74) is 0. The van der Waals surface area contributed by atoms with Gasteiger partial charge in [0.2, 0.25) is 0 Å². The Kier molecular flexibility index (Phi) is 49.7. The van der Waals surface area contributed by atoms with Crippen molar-refractivity contribution >= 4 is 5.97 Å². The lowest BCUT2D eigenvalue weighted by molar-refractivity contribution is -0.154. The minimum atomic E-state index is -0.577. The van der Waals surface area contributed by atoms with E-state index in [9.17, 15) is 9.90 Å². The van der Waals surface area contributed by atoms with Crippen LogP contribution in [0.3, 0.4) is 0 Å². The van der Waals surface area contributed by atoms with Crippen molar-refractivity contribution in [2.24, 2.45) is 0 Å². The number of carbonyl (C=O) groups excluding carboxylic acids is 1. The minimum absolute atomic E-state index is 0.204. The smallest absolute Gasteiger partial charge is 0.306 e. The number of allylic oxidation sites excluding steroid dienone is 22. The Morgan fingerprint density at radius 1 is 0.393 bits per heavy atom. The summed E-state index contributed by atoms with van der Waals surface area (Å²) in [6, 6.07) is 0. The van der Waals surface area contributed by atoms with Crippen LogP contribution in [0.2, 0.25) is 0 Å². The highest BCUT2D eigenvalue weighted by Crippen LogP contribution is 2.14. The largest absolute Gasteiger partial charge is 0.457 e. The van der Waals surface area contributed by atoms with Crippen molar-refractivity contribution < 1.29 is 19.4 Å². The Balaban J connectivity index is 3.56. The van der Waals surface area contributed by atoms with E-state index in [-0.39, 0.29) is 19.2 Å². The molecule has 4 heteroatoms. The molecule has 0 aromatic carbocycles. The van der Waals surface area contributed by atoms with Crippen LogP contribution in [-0.2, 0) is 14.3 Å². The predicted molar refractivity (Wildman–Crippen MR) is 269 cm³/mol. The monoisotopic (exact) mass is 841 g/mol. The quantitative estimate of drug-likeness (QED) is 0.0377. The molecule has 0 saturated heterocycles. The van der Waals surface area contributed by atoms with Crippen LogP contribution in [0.5, 0.6) is 0 Å². The van der Waals surface area contributed by atoms with Crippen molar-refractivity contribution in [1.82, 2.24) is 0 Å². The maximum atomic E-state index is 12.2. The van der Waals surface area contributed by atoms with Crippen LogP contribution >= 0.6 is 0 Å². The van der Waals surface area contributed by atoms with Crippen molar-refractivity contribution in [1.29, 1.82) is 0 Å². The van der Waals surface area contributed by atoms with Gasteiger partial charge in [-0.1, -0.05) is 218 Å². The van der Waals surface area contributed by atoms with E-state index >= 15 is 0 Å². The first-order valence-corrected chi connectivity index (χ1v) is 24.8. The third-order valence-corrected chi connectivity index (χ3v) is 9.97. The van der Waals surface area contributed by atoms with Gasteiger partial charge in [0.1, 0.15) is 6.10 Å². The second-order valence-electron chi connectivity index (χ2n) is 15.8. The topological polar surface area (TPSA) is 55.8 Å². The zero-order valence-electron chi connectivity index (χ0n) is 39.4. The second kappa shape index (κ2) is 52.7. The van der Waals surface area contributed by atoms with Crippen LogP contribution in [-0.4, -0.2) is 37.0 Å². The summed E-state index contributed by atoms with van der Waals surface area (Å²) in [5, 5.41) is 9.64. The summed E-state index contributed by atoms with van der Waals surface area (Å²) in [7, 11) is 0. The molecule has 0 rings (SSSR count). The molecule has 0 bridgehead atoms. The number of hydrogen-bond acceptors (Lipinski definition) is 4. The van der Waals surface area contributed by atoms with Crippen LogP contribution < -0.4 is 0 Å². The summed E-state index contributed by atoms with van der Waals surface area (Å²) in [6.45, 7) is 5.04. The van der Waals surface area contributed by atoms with Crippen LogP contribution in [0.1, 0.15) is 194 Å². The molecule has 0 radical (unpaired) electrons. The normalized spacial score (nSPS) is 13.6. The Labute approximate surface area is 377 Å². The fourth-order valence-electron chi connectivity index (χ4n) is 6.37. The van der Waals surface area contributed by atoms with Gasteiger partial charge in [0.25, 0.3) is 0 Å². The summed E-state index contributed by atoms with van der Waals surface area (Å²) in [5.74, 6) is -0.263. The molecular formula is C57H92O4. The maximum Gasteiger partial charge on any atom is 0.306 e. The molecular weight excluding hydrogens is 749 g/mol. The lowest BCUT2D eigenvalue weighted by Crippen LogP contribution is -2.27. The van der Waals surface area contributed by atoms with Crippen LogP contribution in [0, 0.1) is 0 Å². The fraction of sp³-hybridized carbons (Fsp3) is 0.596. The van der Waals surface area contributed by atoms with E-state index in [1.54, 1.807) is 0 Å². The maximum absolute atomic E-state index is 12.2. The summed E-state index contributed by atoms with van der Waals surface area (Å²) >= 11 is 0. The third kappa shape index (κ3) is 50.8. The highest BCUT2D eigenvalue weighted by atomic mass is 16.6. The van der Waals surface area contributed by atoms with Crippen molar-refractivity contribution in [3.05, 3.63) is 134 Å². The Morgan fingerprint density at radius 3 is 1.03 bits per heavy atom. The van der Waals surface area contributed by atoms with Gasteiger partial charge in [0.05, 0.1) is 13.2 Å². The van der Waals surface area contributed by atoms with Gasteiger partial charge in [0, 0.05) is 13.0 Å². The number of aliphatic hydroxyl groups is 1. The molecule has 0 aliphatic rings. The van der Waals surface area contributed by atoms with Crippen molar-refractivity contribution in [3.8, 4) is 0 Å². The van der Waals surface area contributed by atoms with Gasteiger partial charge in [-0.15, -0.1) is 0 Å². The molecule has 0 fully saturated rings. The number of esters is 1. The number of unbranched alkanes of at least 4 members (excludes halogenated alkanes) is 14. The van der Waals surface area contributed by atoms with E-state index in [1.807, 2.05) is 0 Å². The molecule has 1 atom stereocenters. The third-order valence-electron chi connectivity index (χ3n) is 9.97. The van der Waals surface area contributed by atoms with E-state index in [1.165, 1.54) is 77.0 Å². The van der Waals surface area contributed by atoms with Crippen molar-refractivity contribution in [2.75, 3.05) is 19.8 Å². The summed E-state index contributed by atoms with van der Waals surface area (Å²) < 4.78 is 11.2. The Bertz CT molecular complexity index is 1250. The Hall–Kier alpha value is -3.47. The molecule has 0 spiro atoms. The van der Waals surface area contributed by atoms with E-state index < -0.39 is 6.10 Å². The molecule has 4 nitrogen and oxygen atoms in total. The number of carbonyl (C=O) groups is 1. The minimum Gasteiger partial charge on any atom is -0.457 e. The van der Waals surface area contributed by atoms with E-state index in [0.29, 0.717) is 13.0 Å². The second-order valence-corrected chi connectivity index (χ2v) is 15.8. The molecule has 0 aromatic heterocycles. The highest BCUT2D eigenvalue weighted by Gasteiger charge is 2.13. The molecule has 344 valence electrons. The van der Waals surface area contributed by atoms with E-state index in [4.69, 9.17) is 9.47 Å². The van der Waals surface area contributed by atoms with Gasteiger partial charge < -0.3 is 14.6 Å². The summed E-state index contributed by atoms with van der Waals surface area (Å²) in [4.78, 5) is 12.2. The predicted octanol–water partition coefficient (Wildman–Crippen LogP) is 17.0. The molecule has 0 aliphatic heterocycles. The first-order valence-electron chi connectivity index (χ1n) is 24.8. The van der Waals surface area contributed by atoms with Crippen LogP contribution in [0.4, 0.5) is 0 Å². The lowest BCUT2D eigenvalue weighted by atomic mass is 10.0. The van der Waals surface area contributed by atoms with Gasteiger partial charge in [0.15, 0.2) is 0 Å². The Morgan fingerprint density at radius 2 is 0.689 bits per heavy atom. The number of ether oxygens (including phenoxy) is 2. The molecule has 61 heavy (non-hydrogen) atoms. The molecule has 0 aliphatic carbocycles. The zero-order valence-corrected chi connectivity index (χ0v) is 39.4. The standard InChI is InChI=1S/C57H92O4/c1-3-5-7-9-11-13-15-17-19-21-23-25-27-28-29-31-33-35-37-39-41-43-45-47-49-51-53-60-55-56(54-58)61-57(59)52-50-48-46-44-42-40-38-36-34-32-30-26-24-22-20-18-16-14-12-10-8-6-4-2/h5-8,11-14,17-20,23-26,32,34,38,40,44,46,56,58H,3-4,9-10,15-16,21-22,27-31,33,35-37,39,41-43,45,47-55H2,1-2H3/b7-5-,8-6-,13-11-,14-12-,19-17-,20-18-,25-23-,26-24-,34-32-,40-38-,46-44-. The molecule has 1 N–H and O–H groups in total. The van der Waals surface area contributed by atoms with Gasteiger partial charge in [-0.3, -0.25) is 4.79 Å². The number of aliphatic hydroxyl groups excluding tert-OH is 1. The first-order chi connectivity index (χ1) is 30.2. The van der Waals surface area contributed by atoms with Crippen molar-refractivity contribution in [2.45, 2.75) is 200 Å². The lowest BCUT2D eigenvalue weighted by Gasteiger charge is -2.15. The summed E-state index contributed by atoms with van der Waals surface area (Å²) in [6.07, 6.45) is 79.7. The highest BCUT2D eigenvalue weighted by molar-refractivity contribution is 5.69. The number of rotatable bonds is 44. The number of hydrogen-bond donors (Lipinski definition) is 1. The zero-order chi connectivity index (χ0) is 44.0.